The van der Waals surface area contributed by atoms with Gasteiger partial charge in [-0.25, -0.2) is 4.68 Å². The maximum Gasteiger partial charge on any atom is 0.274 e. The predicted octanol–water partition coefficient (Wildman–Crippen LogP) is 4.34. The van der Waals surface area contributed by atoms with Crippen LogP contribution in [0.15, 0.2) is 52.1 Å². The molecule has 2 aromatic carbocycles. The zero-order valence-electron chi connectivity index (χ0n) is 15.2. The van der Waals surface area contributed by atoms with Crippen LogP contribution in [-0.4, -0.2) is 27.9 Å². The molecule has 3 aromatic rings. The molecule has 27 heavy (non-hydrogen) atoms. The average molecular weight is 447 g/mol. The van der Waals surface area contributed by atoms with Gasteiger partial charge in [0.05, 0.1) is 12.7 Å². The Labute approximate surface area is 170 Å². The van der Waals surface area contributed by atoms with Gasteiger partial charge in [0.2, 0.25) is 5.16 Å². The highest BCUT2D eigenvalue weighted by Crippen LogP contribution is 2.28. The van der Waals surface area contributed by atoms with Crippen LogP contribution in [0, 0.1) is 13.8 Å². The highest BCUT2D eigenvalue weighted by molar-refractivity contribution is 9.10. The highest BCUT2D eigenvalue weighted by atomic mass is 79.9. The fourth-order valence-corrected chi connectivity index (χ4v) is 4.08. The number of halogens is 1. The van der Waals surface area contributed by atoms with Crippen LogP contribution in [-0.2, 0) is 5.75 Å². The van der Waals surface area contributed by atoms with Gasteiger partial charge in [-0.05, 0) is 37.1 Å². The lowest BCUT2D eigenvalue weighted by Crippen LogP contribution is -2.25. The third kappa shape index (κ3) is 4.51. The first-order valence-electron chi connectivity index (χ1n) is 8.24. The van der Waals surface area contributed by atoms with Crippen LogP contribution in [0.2, 0.25) is 0 Å². The van der Waals surface area contributed by atoms with E-state index in [4.69, 9.17) is 4.74 Å². The highest BCUT2D eigenvalue weighted by Gasteiger charge is 2.19. The van der Waals surface area contributed by atoms with Crippen LogP contribution in [0.4, 0.5) is 0 Å². The number of amides is 1. The minimum Gasteiger partial charge on any atom is -0.496 e. The minimum atomic E-state index is -0.291. The normalized spacial score (nSPS) is 10.7. The van der Waals surface area contributed by atoms with Crippen LogP contribution in [0.25, 0.3) is 0 Å². The van der Waals surface area contributed by atoms with Crippen LogP contribution in [0.1, 0.15) is 27.3 Å². The zero-order valence-corrected chi connectivity index (χ0v) is 17.6. The number of thioether (sulfide) groups is 1. The maximum atomic E-state index is 12.9. The summed E-state index contributed by atoms with van der Waals surface area (Å²) in [6, 6.07) is 13.7. The molecule has 0 unspecified atom stereocenters. The molecule has 1 aromatic heterocycles. The molecular formula is C19H19BrN4O2S. The monoisotopic (exact) mass is 446 g/mol. The SMILES string of the molecule is COc1c(C)cc(Br)cc1C(=O)Nn1c(C)nnc1SCc1ccccc1. The Morgan fingerprint density at radius 2 is 1.96 bits per heavy atom. The van der Waals surface area contributed by atoms with E-state index in [-0.39, 0.29) is 5.91 Å². The van der Waals surface area contributed by atoms with Gasteiger partial charge in [0.25, 0.3) is 5.91 Å². The number of hydrogen-bond acceptors (Lipinski definition) is 5. The first-order valence-corrected chi connectivity index (χ1v) is 10.0. The number of aromatic nitrogens is 3. The van der Waals surface area contributed by atoms with E-state index in [9.17, 15) is 4.79 Å². The molecule has 0 spiro atoms. The largest absolute Gasteiger partial charge is 0.496 e. The third-order valence-corrected chi connectivity index (χ3v) is 5.37. The smallest absolute Gasteiger partial charge is 0.274 e. The Morgan fingerprint density at radius 3 is 2.67 bits per heavy atom. The lowest BCUT2D eigenvalue weighted by molar-refractivity contribution is 0.100. The van der Waals surface area contributed by atoms with Crippen molar-refractivity contribution in [3.63, 3.8) is 0 Å². The molecule has 8 heteroatoms. The van der Waals surface area contributed by atoms with Crippen molar-refractivity contribution in [1.29, 1.82) is 0 Å². The van der Waals surface area contributed by atoms with Crippen LogP contribution in [0.3, 0.4) is 0 Å². The summed E-state index contributed by atoms with van der Waals surface area (Å²) in [4.78, 5) is 12.9. The first kappa shape index (κ1) is 19.4. The molecule has 1 heterocycles. The summed E-state index contributed by atoms with van der Waals surface area (Å²) in [5.41, 5.74) is 5.36. The molecule has 0 aliphatic heterocycles. The lowest BCUT2D eigenvalue weighted by Gasteiger charge is -2.14. The Bertz CT molecular complexity index is 960. The molecule has 0 bridgehead atoms. The molecule has 0 radical (unpaired) electrons. The second-order valence-electron chi connectivity index (χ2n) is 5.88. The maximum absolute atomic E-state index is 12.9. The molecule has 0 saturated heterocycles. The van der Waals surface area contributed by atoms with Crippen molar-refractivity contribution in [2.24, 2.45) is 0 Å². The van der Waals surface area contributed by atoms with Gasteiger partial charge >= 0.3 is 0 Å². The van der Waals surface area contributed by atoms with Crippen LogP contribution in [0.5, 0.6) is 5.75 Å². The molecule has 1 N–H and O–H groups in total. The van der Waals surface area contributed by atoms with Crippen LogP contribution < -0.4 is 10.2 Å². The molecule has 0 saturated carbocycles. The van der Waals surface area contributed by atoms with Crippen molar-refractivity contribution >= 4 is 33.6 Å². The number of carbonyl (C=O) groups excluding carboxylic acids is 1. The molecule has 0 atom stereocenters. The molecule has 0 fully saturated rings. The molecule has 0 aliphatic rings. The molecule has 1 amide bonds. The second-order valence-corrected chi connectivity index (χ2v) is 7.74. The predicted molar refractivity (Wildman–Crippen MR) is 110 cm³/mol. The summed E-state index contributed by atoms with van der Waals surface area (Å²) in [5.74, 6) is 1.58. The summed E-state index contributed by atoms with van der Waals surface area (Å²) < 4.78 is 7.82. The number of benzene rings is 2. The van der Waals surface area contributed by atoms with Gasteiger partial charge in [0.1, 0.15) is 11.6 Å². The molecule has 0 aliphatic carbocycles. The number of rotatable bonds is 6. The summed E-state index contributed by atoms with van der Waals surface area (Å²) in [6.45, 7) is 3.69. The topological polar surface area (TPSA) is 69.0 Å². The van der Waals surface area contributed by atoms with Gasteiger partial charge in [-0.2, -0.15) is 0 Å². The quantitative estimate of drug-likeness (QED) is 0.570. The number of nitrogens with one attached hydrogen (secondary N) is 1. The fraction of sp³-hybridized carbons (Fsp3) is 0.211. The fourth-order valence-electron chi connectivity index (χ4n) is 2.62. The molecule has 140 valence electrons. The third-order valence-electron chi connectivity index (χ3n) is 3.91. The van der Waals surface area contributed by atoms with E-state index in [1.807, 2.05) is 43.3 Å². The van der Waals surface area contributed by atoms with E-state index in [2.05, 4.69) is 31.6 Å². The minimum absolute atomic E-state index is 0.291. The van der Waals surface area contributed by atoms with E-state index in [1.54, 1.807) is 24.8 Å². The van der Waals surface area contributed by atoms with Crippen LogP contribution >= 0.6 is 27.7 Å². The zero-order chi connectivity index (χ0) is 19.4. The van der Waals surface area contributed by atoms with E-state index in [0.717, 1.165) is 15.8 Å². The number of hydrogen-bond donors (Lipinski definition) is 1. The number of nitrogens with zero attached hydrogens (tertiary/aromatic N) is 3. The molecular weight excluding hydrogens is 428 g/mol. The van der Waals surface area contributed by atoms with Gasteiger partial charge in [-0.3, -0.25) is 10.2 Å². The van der Waals surface area contributed by atoms with Crippen molar-refractivity contribution in [2.75, 3.05) is 12.5 Å². The number of methoxy groups -OCH3 is 1. The van der Waals surface area contributed by atoms with E-state index >= 15 is 0 Å². The second kappa shape index (κ2) is 8.58. The van der Waals surface area contributed by atoms with Crippen molar-refractivity contribution in [1.82, 2.24) is 14.9 Å². The number of carbonyl (C=O) groups is 1. The summed E-state index contributed by atoms with van der Waals surface area (Å²) in [5, 5.41) is 8.89. The summed E-state index contributed by atoms with van der Waals surface area (Å²) >= 11 is 4.94. The van der Waals surface area contributed by atoms with Gasteiger partial charge in [-0.15, -0.1) is 10.2 Å². The number of ether oxygens (including phenoxy) is 1. The van der Waals surface area contributed by atoms with E-state index < -0.39 is 0 Å². The van der Waals surface area contributed by atoms with Crippen molar-refractivity contribution < 1.29 is 9.53 Å². The number of aryl methyl sites for hydroxylation is 2. The standard InChI is InChI=1S/C19H19BrN4O2S/c1-12-9-15(20)10-16(17(12)26-3)18(25)23-24-13(2)21-22-19(24)27-11-14-7-5-4-6-8-14/h4-10H,11H2,1-3H3,(H,23,25). The summed E-state index contributed by atoms with van der Waals surface area (Å²) in [7, 11) is 1.55. The summed E-state index contributed by atoms with van der Waals surface area (Å²) in [6.07, 6.45) is 0. The Balaban J connectivity index is 1.82. The Morgan fingerprint density at radius 1 is 1.22 bits per heavy atom. The lowest BCUT2D eigenvalue weighted by atomic mass is 10.1. The van der Waals surface area contributed by atoms with Gasteiger partial charge in [0, 0.05) is 10.2 Å². The van der Waals surface area contributed by atoms with E-state index in [0.29, 0.717) is 22.3 Å². The molecule has 6 nitrogen and oxygen atoms in total. The average Bonchev–Trinajstić information content (AvgIpc) is 3.00. The van der Waals surface area contributed by atoms with Gasteiger partial charge in [0.15, 0.2) is 0 Å². The Hall–Kier alpha value is -2.32. The van der Waals surface area contributed by atoms with Gasteiger partial charge < -0.3 is 4.74 Å². The van der Waals surface area contributed by atoms with Crippen molar-refractivity contribution in [2.45, 2.75) is 24.8 Å². The Kier molecular flexibility index (Phi) is 6.18. The molecule has 3 rings (SSSR count). The van der Waals surface area contributed by atoms with Crippen molar-refractivity contribution in [3.05, 3.63) is 69.5 Å². The van der Waals surface area contributed by atoms with Gasteiger partial charge in [-0.1, -0.05) is 58.0 Å². The first-order chi connectivity index (χ1) is 13.0. The van der Waals surface area contributed by atoms with E-state index in [1.165, 1.54) is 17.3 Å². The van der Waals surface area contributed by atoms with Crippen molar-refractivity contribution in [3.8, 4) is 5.75 Å².